The molecule has 3 atom stereocenters. The smallest absolute Gasteiger partial charge is 0.239 e. The normalized spacial score (nSPS) is 22.4. The summed E-state index contributed by atoms with van der Waals surface area (Å²) in [6.07, 6.45) is 1.28. The van der Waals surface area contributed by atoms with Crippen LogP contribution in [-0.4, -0.2) is 35.1 Å². The van der Waals surface area contributed by atoms with Crippen LogP contribution in [0.25, 0.3) is 0 Å². The molecule has 32 heavy (non-hydrogen) atoms. The zero-order chi connectivity index (χ0) is 23.7. The van der Waals surface area contributed by atoms with Crippen LogP contribution in [-0.2, 0) is 21.4 Å². The minimum absolute atomic E-state index is 0.00338. The molecule has 5 nitrogen and oxygen atoms in total. The number of hydrogen-bond acceptors (Lipinski definition) is 4. The Morgan fingerprint density at radius 2 is 1.72 bits per heavy atom. The number of aliphatic imine (C=N–C) groups is 1. The molecule has 2 N–H and O–H groups in total. The number of likely N-dealkylation sites (N-methyl/N-ethyl adjacent to an activating group) is 1. The maximum atomic E-state index is 13.9. The first-order valence-corrected chi connectivity index (χ1v) is 11.3. The lowest BCUT2D eigenvalue weighted by atomic mass is 9.71. The predicted octanol–water partition coefficient (Wildman–Crippen LogP) is 4.45. The predicted molar refractivity (Wildman–Crippen MR) is 130 cm³/mol. The average molecular weight is 434 g/mol. The van der Waals surface area contributed by atoms with Gasteiger partial charge in [0.15, 0.2) is 11.7 Å². The number of Topliss-reactive ketones (excluding diaryl/α,β-unsaturated/α-hetero) is 1. The maximum absolute atomic E-state index is 13.9. The molecule has 5 heteroatoms. The van der Waals surface area contributed by atoms with E-state index in [2.05, 4.69) is 25.8 Å². The number of nitrogens with zero attached hydrogens (tertiary/aromatic N) is 2. The van der Waals surface area contributed by atoms with E-state index in [0.29, 0.717) is 12.8 Å². The lowest BCUT2D eigenvalue weighted by Crippen LogP contribution is -2.58. The second-order valence-electron chi connectivity index (χ2n) is 9.98. The van der Waals surface area contributed by atoms with E-state index in [1.54, 1.807) is 14.0 Å². The number of guanidine groups is 1. The van der Waals surface area contributed by atoms with Crippen molar-refractivity contribution in [3.8, 4) is 0 Å². The molecule has 170 valence electrons. The van der Waals surface area contributed by atoms with Crippen molar-refractivity contribution in [2.75, 3.05) is 7.05 Å². The number of carbonyl (C=O) groups excluding carboxylic acids is 2. The molecule has 0 aromatic heterocycles. The summed E-state index contributed by atoms with van der Waals surface area (Å²) in [7, 11) is 1.61. The van der Waals surface area contributed by atoms with Gasteiger partial charge in [0.1, 0.15) is 5.54 Å². The molecule has 3 rings (SSSR count). The molecule has 0 radical (unpaired) electrons. The van der Waals surface area contributed by atoms with Crippen molar-refractivity contribution < 1.29 is 9.59 Å². The van der Waals surface area contributed by atoms with Crippen molar-refractivity contribution in [3.05, 3.63) is 71.3 Å². The molecule has 1 unspecified atom stereocenters. The number of benzene rings is 2. The van der Waals surface area contributed by atoms with E-state index in [9.17, 15) is 9.59 Å². The molecule has 0 spiro atoms. The lowest BCUT2D eigenvalue weighted by molar-refractivity contribution is -0.138. The van der Waals surface area contributed by atoms with E-state index in [-0.39, 0.29) is 29.0 Å². The number of ketones is 1. The molecule has 1 aliphatic heterocycles. The van der Waals surface area contributed by atoms with Gasteiger partial charge in [-0.25, -0.2) is 4.99 Å². The fourth-order valence-corrected chi connectivity index (χ4v) is 4.50. The van der Waals surface area contributed by atoms with Crippen LogP contribution in [0.1, 0.15) is 63.6 Å². The summed E-state index contributed by atoms with van der Waals surface area (Å²) >= 11 is 0. The quantitative estimate of drug-likeness (QED) is 0.731. The van der Waals surface area contributed by atoms with Gasteiger partial charge < -0.3 is 5.73 Å². The Balaban J connectivity index is 2.04. The Hall–Kier alpha value is -2.95. The molecule has 0 saturated carbocycles. The lowest BCUT2D eigenvalue weighted by Gasteiger charge is -2.41. The van der Waals surface area contributed by atoms with E-state index in [1.165, 1.54) is 10.5 Å². The van der Waals surface area contributed by atoms with Gasteiger partial charge in [0, 0.05) is 13.0 Å². The van der Waals surface area contributed by atoms with Crippen molar-refractivity contribution in [1.29, 1.82) is 0 Å². The van der Waals surface area contributed by atoms with Crippen LogP contribution in [0.3, 0.4) is 0 Å². The van der Waals surface area contributed by atoms with Gasteiger partial charge in [-0.05, 0) is 41.9 Å². The van der Waals surface area contributed by atoms with Crippen molar-refractivity contribution in [2.24, 2.45) is 16.6 Å². The van der Waals surface area contributed by atoms with Gasteiger partial charge in [0.05, 0.1) is 5.92 Å². The topological polar surface area (TPSA) is 75.8 Å². The summed E-state index contributed by atoms with van der Waals surface area (Å²) in [5.41, 5.74) is 7.89. The molecular formula is C27H35N3O2. The second kappa shape index (κ2) is 8.89. The maximum Gasteiger partial charge on any atom is 0.239 e. The van der Waals surface area contributed by atoms with Crippen LogP contribution in [0.2, 0.25) is 0 Å². The highest BCUT2D eigenvalue weighted by Crippen LogP contribution is 2.40. The van der Waals surface area contributed by atoms with Crippen LogP contribution < -0.4 is 5.73 Å². The van der Waals surface area contributed by atoms with E-state index >= 15 is 0 Å². The molecule has 2 aromatic carbocycles. The van der Waals surface area contributed by atoms with Crippen molar-refractivity contribution in [3.63, 3.8) is 0 Å². The summed E-state index contributed by atoms with van der Waals surface area (Å²) in [6.45, 7) is 10.2. The minimum Gasteiger partial charge on any atom is -0.369 e. The molecule has 0 fully saturated rings. The Kier molecular flexibility index (Phi) is 6.59. The van der Waals surface area contributed by atoms with E-state index in [4.69, 9.17) is 5.73 Å². The minimum atomic E-state index is -1.26. The average Bonchev–Trinajstić information content (AvgIpc) is 2.76. The van der Waals surface area contributed by atoms with Crippen LogP contribution in [0.15, 0.2) is 59.6 Å². The second-order valence-corrected chi connectivity index (χ2v) is 9.98. The zero-order valence-corrected chi connectivity index (χ0v) is 20.1. The molecule has 0 bridgehead atoms. The van der Waals surface area contributed by atoms with Gasteiger partial charge in [-0.15, -0.1) is 0 Å². The van der Waals surface area contributed by atoms with E-state index in [0.717, 1.165) is 11.1 Å². The summed E-state index contributed by atoms with van der Waals surface area (Å²) in [4.78, 5) is 33.3. The number of amides is 1. The van der Waals surface area contributed by atoms with E-state index in [1.807, 2.05) is 61.5 Å². The van der Waals surface area contributed by atoms with E-state index < -0.39 is 11.5 Å². The molecule has 1 amide bonds. The fraction of sp³-hybridized carbons (Fsp3) is 0.444. The highest BCUT2D eigenvalue weighted by molar-refractivity contribution is 6.08. The van der Waals surface area contributed by atoms with Gasteiger partial charge in [0.25, 0.3) is 0 Å². The van der Waals surface area contributed by atoms with Gasteiger partial charge in [0.2, 0.25) is 5.91 Å². The van der Waals surface area contributed by atoms with Gasteiger partial charge >= 0.3 is 0 Å². The molecule has 0 aliphatic carbocycles. The zero-order valence-electron chi connectivity index (χ0n) is 20.1. The monoisotopic (exact) mass is 433 g/mol. The molecule has 0 saturated heterocycles. The van der Waals surface area contributed by atoms with Crippen molar-refractivity contribution >= 4 is 17.6 Å². The Bertz CT molecular complexity index is 1010. The Labute approximate surface area is 191 Å². The number of nitrogens with two attached hydrogens (primary N) is 1. The van der Waals surface area contributed by atoms with Crippen molar-refractivity contribution in [2.45, 2.75) is 64.3 Å². The number of rotatable bonds is 6. The van der Waals surface area contributed by atoms with Gasteiger partial charge in [-0.3, -0.25) is 14.5 Å². The molecule has 1 aliphatic rings. The first kappa shape index (κ1) is 23.7. The SMILES string of the molecule is CCC(Cc1ccccc1)C(=O)[C@@]1(C)N=C(N)N(C)C(=O)[C@@H]1c1ccc(C(C)(C)C)cc1. The standard InChI is InChI=1S/C27H35N3O2/c1-7-19(17-18-11-9-8-10-12-18)23(31)27(5)22(24(32)30(6)25(28)29-27)20-13-15-21(16-14-20)26(2,3)4/h8-16,19,22H,7,17H2,1-6H3,(H2,28,29)/t19?,22-,27-/m0/s1. The number of hydrogen-bond donors (Lipinski definition) is 1. The van der Waals surface area contributed by atoms with Crippen LogP contribution >= 0.6 is 0 Å². The summed E-state index contributed by atoms with van der Waals surface area (Å²) in [5, 5.41) is 0. The highest BCUT2D eigenvalue weighted by atomic mass is 16.2. The first-order valence-electron chi connectivity index (χ1n) is 11.3. The largest absolute Gasteiger partial charge is 0.369 e. The highest BCUT2D eigenvalue weighted by Gasteiger charge is 2.52. The molecule has 2 aromatic rings. The third-order valence-corrected chi connectivity index (χ3v) is 6.63. The third kappa shape index (κ3) is 4.47. The Morgan fingerprint density at radius 3 is 2.25 bits per heavy atom. The van der Waals surface area contributed by atoms with Crippen LogP contribution in [0.4, 0.5) is 0 Å². The summed E-state index contributed by atoms with van der Waals surface area (Å²) < 4.78 is 0. The molecular weight excluding hydrogens is 398 g/mol. The first-order chi connectivity index (χ1) is 15.0. The third-order valence-electron chi connectivity index (χ3n) is 6.63. The van der Waals surface area contributed by atoms with Crippen molar-refractivity contribution in [1.82, 2.24) is 4.90 Å². The van der Waals surface area contributed by atoms with Gasteiger partial charge in [-0.2, -0.15) is 0 Å². The van der Waals surface area contributed by atoms with Gasteiger partial charge in [-0.1, -0.05) is 82.3 Å². The van der Waals surface area contributed by atoms with Crippen LogP contribution in [0, 0.1) is 5.92 Å². The number of carbonyl (C=O) groups is 2. The summed E-state index contributed by atoms with van der Waals surface area (Å²) in [5.74, 6) is -1.13. The van der Waals surface area contributed by atoms with Crippen LogP contribution in [0.5, 0.6) is 0 Å². The fourth-order valence-electron chi connectivity index (χ4n) is 4.50. The molecule has 1 heterocycles. The summed E-state index contributed by atoms with van der Waals surface area (Å²) in [6, 6.07) is 18.0. The Morgan fingerprint density at radius 1 is 1.12 bits per heavy atom.